The maximum atomic E-state index is 12.2. The van der Waals surface area contributed by atoms with Gasteiger partial charge in [0.25, 0.3) is 0 Å². The van der Waals surface area contributed by atoms with Crippen LogP contribution in [0.3, 0.4) is 0 Å². The highest BCUT2D eigenvalue weighted by atomic mass is 35.5. The van der Waals surface area contributed by atoms with Crippen LogP contribution in [0.15, 0.2) is 42.6 Å². The van der Waals surface area contributed by atoms with Crippen LogP contribution in [-0.2, 0) is 9.47 Å². The summed E-state index contributed by atoms with van der Waals surface area (Å²) < 4.78 is 11.0. The van der Waals surface area contributed by atoms with E-state index < -0.39 is 0 Å². The second kappa shape index (κ2) is 7.64. The highest BCUT2D eigenvalue weighted by Gasteiger charge is 2.27. The maximum Gasteiger partial charge on any atom is 0.341 e. The van der Waals surface area contributed by atoms with E-state index in [1.807, 2.05) is 29.2 Å². The Hall–Kier alpha value is -2.11. The molecule has 24 heavy (non-hydrogen) atoms. The van der Waals surface area contributed by atoms with Gasteiger partial charge in [-0.25, -0.2) is 9.78 Å². The smallest absolute Gasteiger partial charge is 0.341 e. The minimum absolute atomic E-state index is 0.162. The summed E-state index contributed by atoms with van der Waals surface area (Å²) in [6, 6.07) is 11.1. The molecule has 1 aromatic heterocycles. The van der Waals surface area contributed by atoms with Crippen LogP contribution in [0.25, 0.3) is 0 Å². The quantitative estimate of drug-likeness (QED) is 0.793. The number of hydrogen-bond acceptors (Lipinski definition) is 5. The Morgan fingerprint density at radius 2 is 2.21 bits per heavy atom. The van der Waals surface area contributed by atoms with Gasteiger partial charge in [-0.1, -0.05) is 29.8 Å². The lowest BCUT2D eigenvalue weighted by atomic mass is 10.1. The van der Waals surface area contributed by atoms with Gasteiger partial charge in [-0.3, -0.25) is 0 Å². The van der Waals surface area contributed by atoms with E-state index in [1.54, 1.807) is 25.3 Å². The number of halogens is 1. The normalized spacial score (nSPS) is 17.6. The second-order valence-electron chi connectivity index (χ2n) is 5.42. The monoisotopic (exact) mass is 346 g/mol. The van der Waals surface area contributed by atoms with Crippen LogP contribution in [0.4, 0.5) is 5.82 Å². The number of esters is 1. The average molecular weight is 347 g/mol. The van der Waals surface area contributed by atoms with E-state index in [0.29, 0.717) is 42.7 Å². The van der Waals surface area contributed by atoms with Crippen molar-refractivity contribution in [1.29, 1.82) is 0 Å². The summed E-state index contributed by atoms with van der Waals surface area (Å²) in [5, 5.41) is 0.677. The number of morpholine rings is 1. The van der Waals surface area contributed by atoms with Gasteiger partial charge < -0.3 is 14.4 Å². The molecule has 2 aromatic rings. The minimum Gasteiger partial charge on any atom is -0.462 e. The van der Waals surface area contributed by atoms with E-state index in [9.17, 15) is 4.79 Å². The van der Waals surface area contributed by atoms with Crippen molar-refractivity contribution in [3.8, 4) is 0 Å². The number of carbonyl (C=O) groups excluding carboxylic acids is 1. The maximum absolute atomic E-state index is 12.2. The number of aromatic nitrogens is 1. The topological polar surface area (TPSA) is 51.7 Å². The third-order valence-corrected chi connectivity index (χ3v) is 4.24. The van der Waals surface area contributed by atoms with Crippen LogP contribution in [0, 0.1) is 0 Å². The summed E-state index contributed by atoms with van der Waals surface area (Å²) in [5.74, 6) is 0.262. The lowest BCUT2D eigenvalue weighted by Gasteiger charge is -2.34. The predicted octanol–water partition coefficient (Wildman–Crippen LogP) is 3.49. The van der Waals surface area contributed by atoms with Crippen LogP contribution >= 0.6 is 11.6 Å². The summed E-state index contributed by atoms with van der Waals surface area (Å²) in [6.07, 6.45) is 1.52. The third-order valence-electron chi connectivity index (χ3n) is 3.90. The number of nitrogens with zero attached hydrogens (tertiary/aromatic N) is 2. The van der Waals surface area contributed by atoms with Gasteiger partial charge in [-0.15, -0.1) is 0 Å². The first kappa shape index (κ1) is 16.7. The molecule has 1 atom stereocenters. The second-order valence-corrected chi connectivity index (χ2v) is 5.83. The molecule has 6 heteroatoms. The van der Waals surface area contributed by atoms with Crippen molar-refractivity contribution in [3.05, 3.63) is 58.7 Å². The SMILES string of the molecule is CCOC(=O)c1cccnc1N1CCOC(c2ccccc2Cl)C1. The molecule has 1 aliphatic rings. The zero-order valence-corrected chi connectivity index (χ0v) is 14.2. The fourth-order valence-electron chi connectivity index (χ4n) is 2.78. The largest absolute Gasteiger partial charge is 0.462 e. The van der Waals surface area contributed by atoms with Gasteiger partial charge in [0, 0.05) is 29.9 Å². The molecule has 1 aromatic carbocycles. The number of carbonyl (C=O) groups is 1. The van der Waals surface area contributed by atoms with Crippen molar-refractivity contribution in [3.63, 3.8) is 0 Å². The van der Waals surface area contributed by atoms with Crippen molar-refractivity contribution in [2.75, 3.05) is 31.2 Å². The zero-order valence-electron chi connectivity index (χ0n) is 13.4. The van der Waals surface area contributed by atoms with Gasteiger partial charge in [0.1, 0.15) is 17.5 Å². The van der Waals surface area contributed by atoms with E-state index in [4.69, 9.17) is 21.1 Å². The van der Waals surface area contributed by atoms with Crippen LogP contribution < -0.4 is 4.90 Å². The molecule has 5 nitrogen and oxygen atoms in total. The fourth-order valence-corrected chi connectivity index (χ4v) is 3.04. The van der Waals surface area contributed by atoms with Gasteiger partial charge in [0.05, 0.1) is 13.2 Å². The summed E-state index contributed by atoms with van der Waals surface area (Å²) in [7, 11) is 0. The lowest BCUT2D eigenvalue weighted by molar-refractivity contribution is 0.0390. The van der Waals surface area contributed by atoms with E-state index in [-0.39, 0.29) is 12.1 Å². The van der Waals surface area contributed by atoms with Crippen LogP contribution in [0.2, 0.25) is 5.02 Å². The lowest BCUT2D eigenvalue weighted by Crippen LogP contribution is -2.39. The summed E-state index contributed by atoms with van der Waals surface area (Å²) in [5.41, 5.74) is 1.41. The van der Waals surface area contributed by atoms with E-state index in [2.05, 4.69) is 4.98 Å². The molecule has 0 bridgehead atoms. The molecular formula is C18H19ClN2O3. The first-order chi connectivity index (χ1) is 11.7. The first-order valence-electron chi connectivity index (χ1n) is 7.93. The number of pyridine rings is 1. The Morgan fingerprint density at radius 1 is 1.38 bits per heavy atom. The molecule has 0 spiro atoms. The molecule has 2 heterocycles. The molecule has 0 radical (unpaired) electrons. The number of anilines is 1. The third kappa shape index (κ3) is 3.52. The summed E-state index contributed by atoms with van der Waals surface area (Å²) in [6.45, 7) is 3.89. The molecule has 1 fully saturated rings. The number of benzene rings is 1. The van der Waals surface area contributed by atoms with Crippen LogP contribution in [-0.4, -0.2) is 37.3 Å². The molecule has 0 aliphatic carbocycles. The van der Waals surface area contributed by atoms with Gasteiger partial charge in [-0.2, -0.15) is 0 Å². The molecule has 1 saturated heterocycles. The van der Waals surface area contributed by atoms with Gasteiger partial charge in [0.15, 0.2) is 0 Å². The standard InChI is InChI=1S/C18H19ClN2O3/c1-2-23-18(22)14-7-5-9-20-17(14)21-10-11-24-16(12-21)13-6-3-4-8-15(13)19/h3-9,16H,2,10-12H2,1H3. The van der Waals surface area contributed by atoms with Crippen molar-refractivity contribution >= 4 is 23.4 Å². The van der Waals surface area contributed by atoms with E-state index >= 15 is 0 Å². The molecule has 126 valence electrons. The molecular weight excluding hydrogens is 328 g/mol. The Bertz CT molecular complexity index is 723. The molecule has 1 aliphatic heterocycles. The van der Waals surface area contributed by atoms with Gasteiger partial charge in [-0.05, 0) is 25.1 Å². The first-order valence-corrected chi connectivity index (χ1v) is 8.31. The van der Waals surface area contributed by atoms with Crippen LogP contribution in [0.5, 0.6) is 0 Å². The van der Waals surface area contributed by atoms with Crippen molar-refractivity contribution in [1.82, 2.24) is 4.98 Å². The van der Waals surface area contributed by atoms with Gasteiger partial charge in [0.2, 0.25) is 0 Å². The molecule has 0 saturated carbocycles. The van der Waals surface area contributed by atoms with E-state index in [0.717, 1.165) is 5.56 Å². The molecule has 0 amide bonds. The Kier molecular flexibility index (Phi) is 5.33. The highest BCUT2D eigenvalue weighted by Crippen LogP contribution is 2.30. The van der Waals surface area contributed by atoms with Crippen molar-refractivity contribution < 1.29 is 14.3 Å². The fraction of sp³-hybridized carbons (Fsp3) is 0.333. The Labute approximate surface area is 146 Å². The molecule has 0 N–H and O–H groups in total. The summed E-state index contributed by atoms with van der Waals surface area (Å²) in [4.78, 5) is 18.6. The molecule has 1 unspecified atom stereocenters. The minimum atomic E-state index is -0.360. The van der Waals surface area contributed by atoms with Crippen molar-refractivity contribution in [2.45, 2.75) is 13.0 Å². The number of rotatable bonds is 4. The average Bonchev–Trinajstić information content (AvgIpc) is 2.62. The van der Waals surface area contributed by atoms with E-state index in [1.165, 1.54) is 0 Å². The Morgan fingerprint density at radius 3 is 3.00 bits per heavy atom. The molecule has 3 rings (SSSR count). The zero-order chi connectivity index (χ0) is 16.9. The predicted molar refractivity (Wildman–Crippen MR) is 92.6 cm³/mol. The van der Waals surface area contributed by atoms with Crippen molar-refractivity contribution in [2.24, 2.45) is 0 Å². The van der Waals surface area contributed by atoms with Crippen LogP contribution in [0.1, 0.15) is 28.9 Å². The summed E-state index contributed by atoms with van der Waals surface area (Å²) >= 11 is 6.29. The number of hydrogen-bond donors (Lipinski definition) is 0. The van der Waals surface area contributed by atoms with Gasteiger partial charge >= 0.3 is 5.97 Å². The Balaban J connectivity index is 1.86. The number of ether oxygens (including phenoxy) is 2. The highest BCUT2D eigenvalue weighted by molar-refractivity contribution is 6.31.